The van der Waals surface area contributed by atoms with E-state index < -0.39 is 28.4 Å². The summed E-state index contributed by atoms with van der Waals surface area (Å²) >= 11 is 5.70. The lowest BCUT2D eigenvalue weighted by molar-refractivity contribution is -0.385. The average Bonchev–Trinajstić information content (AvgIpc) is 2.37. The molecule has 7 nitrogen and oxygen atoms in total. The fourth-order valence-corrected chi connectivity index (χ4v) is 1.49. The van der Waals surface area contributed by atoms with Gasteiger partial charge < -0.3 is 9.84 Å². The number of nitrogens with zero attached hydrogens (tertiary/aromatic N) is 2. The summed E-state index contributed by atoms with van der Waals surface area (Å²) in [7, 11) is 1.22. The molecule has 1 atom stereocenters. The van der Waals surface area contributed by atoms with E-state index in [1.807, 2.05) is 0 Å². The first-order valence-corrected chi connectivity index (χ1v) is 5.52. The van der Waals surface area contributed by atoms with Crippen LogP contribution >= 0.6 is 11.6 Å². The van der Waals surface area contributed by atoms with Crippen molar-refractivity contribution in [1.82, 2.24) is 0 Å². The minimum atomic E-state index is -0.789. The topological polar surface area (TPSA) is 102 Å². The average molecular weight is 287 g/mol. The highest BCUT2D eigenvalue weighted by atomic mass is 35.5. The molecular formula is C11H11ClN2O5. The van der Waals surface area contributed by atoms with Gasteiger partial charge in [0.15, 0.2) is 0 Å². The van der Waals surface area contributed by atoms with E-state index in [2.05, 4.69) is 9.73 Å². The van der Waals surface area contributed by atoms with E-state index in [1.165, 1.54) is 20.1 Å². The largest absolute Gasteiger partial charge is 0.502 e. The molecule has 0 unspecified atom stereocenters. The predicted octanol–water partition coefficient (Wildman–Crippen LogP) is 1.93. The quantitative estimate of drug-likeness (QED) is 0.394. The van der Waals surface area contributed by atoms with Crippen LogP contribution in [0.25, 0.3) is 0 Å². The lowest BCUT2D eigenvalue weighted by Crippen LogP contribution is -2.16. The zero-order valence-electron chi connectivity index (χ0n) is 10.2. The number of hydrogen-bond acceptors (Lipinski definition) is 6. The normalized spacial score (nSPS) is 12.4. The zero-order valence-corrected chi connectivity index (χ0v) is 10.9. The number of ether oxygens (including phenoxy) is 1. The fraction of sp³-hybridized carbons (Fsp3) is 0.273. The number of rotatable bonds is 4. The van der Waals surface area contributed by atoms with Crippen molar-refractivity contribution in [2.45, 2.75) is 13.0 Å². The number of halogens is 1. The van der Waals surface area contributed by atoms with Gasteiger partial charge in [0, 0.05) is 22.9 Å². The van der Waals surface area contributed by atoms with Crippen molar-refractivity contribution < 1.29 is 19.6 Å². The minimum absolute atomic E-state index is 0.0509. The number of aliphatic imine (C=N–C) groups is 1. The molecule has 19 heavy (non-hydrogen) atoms. The SMILES string of the molecule is COC(=O)[C@H](C)N=Cc1cc(Cl)cc([N+](=O)[O-])c1O. The summed E-state index contributed by atoms with van der Waals surface area (Å²) in [4.78, 5) is 24.9. The molecule has 0 aliphatic rings. The molecular weight excluding hydrogens is 276 g/mol. The van der Waals surface area contributed by atoms with Gasteiger partial charge in [0.25, 0.3) is 0 Å². The van der Waals surface area contributed by atoms with Crippen LogP contribution in [-0.2, 0) is 9.53 Å². The van der Waals surface area contributed by atoms with Gasteiger partial charge in [0.1, 0.15) is 6.04 Å². The van der Waals surface area contributed by atoms with Crippen LogP contribution in [0.4, 0.5) is 5.69 Å². The second-order valence-corrected chi connectivity index (χ2v) is 4.03. The number of aromatic hydroxyl groups is 1. The molecule has 0 bridgehead atoms. The van der Waals surface area contributed by atoms with Gasteiger partial charge in [-0.1, -0.05) is 11.6 Å². The molecule has 0 aromatic heterocycles. The Morgan fingerprint density at radius 3 is 2.79 bits per heavy atom. The van der Waals surface area contributed by atoms with Gasteiger partial charge in [-0.15, -0.1) is 0 Å². The molecule has 1 rings (SSSR count). The van der Waals surface area contributed by atoms with Crippen LogP contribution in [0.1, 0.15) is 12.5 Å². The summed E-state index contributed by atoms with van der Waals surface area (Å²) in [6.45, 7) is 1.48. The smallest absolute Gasteiger partial charge is 0.330 e. The third-order valence-electron chi connectivity index (χ3n) is 2.26. The van der Waals surface area contributed by atoms with E-state index in [-0.39, 0.29) is 10.6 Å². The summed E-state index contributed by atoms with van der Waals surface area (Å²) in [5.41, 5.74) is -0.477. The summed E-state index contributed by atoms with van der Waals surface area (Å²) in [5, 5.41) is 20.5. The summed E-state index contributed by atoms with van der Waals surface area (Å²) in [5.74, 6) is -1.12. The summed E-state index contributed by atoms with van der Waals surface area (Å²) < 4.78 is 4.47. The number of carbonyl (C=O) groups is 1. The van der Waals surface area contributed by atoms with Gasteiger partial charge in [-0.25, -0.2) is 4.79 Å². The van der Waals surface area contributed by atoms with E-state index >= 15 is 0 Å². The number of carbonyl (C=O) groups excluding carboxylic acids is 1. The van der Waals surface area contributed by atoms with Crippen LogP contribution in [0.15, 0.2) is 17.1 Å². The Morgan fingerprint density at radius 1 is 1.63 bits per heavy atom. The zero-order chi connectivity index (χ0) is 14.6. The lowest BCUT2D eigenvalue weighted by Gasteiger charge is -2.04. The van der Waals surface area contributed by atoms with Crippen molar-refractivity contribution in [2.75, 3.05) is 7.11 Å². The first kappa shape index (κ1) is 14.9. The predicted molar refractivity (Wildman–Crippen MR) is 68.8 cm³/mol. The first-order valence-electron chi connectivity index (χ1n) is 5.14. The van der Waals surface area contributed by atoms with Gasteiger partial charge in [0.2, 0.25) is 5.75 Å². The maximum Gasteiger partial charge on any atom is 0.330 e. The van der Waals surface area contributed by atoms with E-state index in [9.17, 15) is 20.0 Å². The molecule has 1 N–H and O–H groups in total. The van der Waals surface area contributed by atoms with E-state index in [0.717, 1.165) is 12.3 Å². The van der Waals surface area contributed by atoms with Crippen molar-refractivity contribution in [3.05, 3.63) is 32.8 Å². The number of phenols is 1. The number of methoxy groups -OCH3 is 1. The molecule has 102 valence electrons. The number of benzene rings is 1. The molecule has 0 amide bonds. The van der Waals surface area contributed by atoms with E-state index in [0.29, 0.717) is 0 Å². The Labute approximate surface area is 113 Å². The molecule has 0 aliphatic heterocycles. The third kappa shape index (κ3) is 3.65. The van der Waals surface area contributed by atoms with Gasteiger partial charge in [-0.3, -0.25) is 15.1 Å². The number of esters is 1. The van der Waals surface area contributed by atoms with E-state index in [1.54, 1.807) is 0 Å². The first-order chi connectivity index (χ1) is 8.86. The third-order valence-corrected chi connectivity index (χ3v) is 2.48. The standard InChI is InChI=1S/C11H11ClN2O5/c1-6(11(16)19-2)13-5-7-3-8(12)4-9(10(7)15)14(17)18/h3-6,15H,1-2H3/t6-/m0/s1. The second kappa shape index (κ2) is 6.14. The lowest BCUT2D eigenvalue weighted by atomic mass is 10.2. The maximum atomic E-state index is 11.1. The molecule has 1 aromatic carbocycles. The van der Waals surface area contributed by atoms with Gasteiger partial charge in [-0.2, -0.15) is 0 Å². The van der Waals surface area contributed by atoms with Crippen LogP contribution in [-0.4, -0.2) is 35.4 Å². The van der Waals surface area contributed by atoms with Gasteiger partial charge in [-0.05, 0) is 13.0 Å². The summed E-state index contributed by atoms with van der Waals surface area (Å²) in [6, 6.07) is 1.54. The molecule has 0 heterocycles. The molecule has 1 aromatic rings. The van der Waals surface area contributed by atoms with E-state index in [4.69, 9.17) is 11.6 Å². The van der Waals surface area contributed by atoms with Crippen molar-refractivity contribution >= 4 is 29.5 Å². The van der Waals surface area contributed by atoms with Crippen LogP contribution in [0.3, 0.4) is 0 Å². The van der Waals surface area contributed by atoms with Crippen molar-refractivity contribution in [3.8, 4) is 5.75 Å². The van der Waals surface area contributed by atoms with Crippen LogP contribution in [0.5, 0.6) is 5.75 Å². The number of nitro groups is 1. The monoisotopic (exact) mass is 286 g/mol. The second-order valence-electron chi connectivity index (χ2n) is 3.60. The maximum absolute atomic E-state index is 11.1. The highest BCUT2D eigenvalue weighted by Crippen LogP contribution is 2.32. The Balaban J connectivity index is 3.11. The molecule has 0 spiro atoms. The van der Waals surface area contributed by atoms with Crippen molar-refractivity contribution in [2.24, 2.45) is 4.99 Å². The van der Waals surface area contributed by atoms with Crippen LogP contribution in [0.2, 0.25) is 5.02 Å². The Morgan fingerprint density at radius 2 is 2.26 bits per heavy atom. The molecule has 0 aliphatic carbocycles. The van der Waals surface area contributed by atoms with Gasteiger partial charge >= 0.3 is 11.7 Å². The minimum Gasteiger partial charge on any atom is -0.502 e. The molecule has 0 saturated heterocycles. The molecule has 0 radical (unpaired) electrons. The Hall–Kier alpha value is -2.15. The Bertz CT molecular complexity index is 544. The van der Waals surface area contributed by atoms with Crippen molar-refractivity contribution in [3.63, 3.8) is 0 Å². The van der Waals surface area contributed by atoms with Crippen LogP contribution in [0, 0.1) is 10.1 Å². The molecule has 8 heteroatoms. The number of phenolic OH excluding ortho intramolecular Hbond substituents is 1. The fourth-order valence-electron chi connectivity index (χ4n) is 1.27. The molecule has 0 saturated carbocycles. The highest BCUT2D eigenvalue weighted by molar-refractivity contribution is 6.31. The Kier molecular flexibility index (Phi) is 4.82. The summed E-state index contributed by atoms with van der Waals surface area (Å²) in [6.07, 6.45) is 1.13. The highest BCUT2D eigenvalue weighted by Gasteiger charge is 2.18. The molecule has 0 fully saturated rings. The van der Waals surface area contributed by atoms with Crippen LogP contribution < -0.4 is 0 Å². The van der Waals surface area contributed by atoms with Gasteiger partial charge in [0.05, 0.1) is 12.0 Å². The number of nitro benzene ring substituents is 1. The van der Waals surface area contributed by atoms with Crippen molar-refractivity contribution in [1.29, 1.82) is 0 Å². The number of hydrogen-bond donors (Lipinski definition) is 1.